The Morgan fingerprint density at radius 2 is 1.45 bits per heavy atom. The topological polar surface area (TPSA) is 419 Å². The number of benzene rings is 4. The first-order chi connectivity index (χ1) is 57.8. The second kappa shape index (κ2) is 37.2. The van der Waals surface area contributed by atoms with Gasteiger partial charge in [-0.1, -0.05) is 150 Å². The molecule has 0 spiro atoms. The molecule has 6 saturated carbocycles. The van der Waals surface area contributed by atoms with Crippen LogP contribution in [0.1, 0.15) is 197 Å². The number of fused-ring (bicyclic) bond motifs is 6. The van der Waals surface area contributed by atoms with E-state index in [1.807, 2.05) is 12.2 Å². The standard InChI is InChI=1S/C94H116N6O22/c1-52(31-42-70(103)59-35-36-59)67-40-41-68-58(29-21-43-91(67,68)10)34-37-63-45-66(48-71(104)53(63)2)119-88(114)100-90(8,9)86(112)98-69(30-22-44-96-87(95)113)83(109)97-65-38-32-57(33-39-65)50-116-74(105)47-64-46-73-93(51-117-73,122-56(5)102)79-81(121-84(110)62-27-19-14-20-28-62)94(115)49-72(54(3)75(89(94,6)7)78(118-55(4)101)80(107)92(64,79)11)120-85(111)77(106)76(60-23-15-12-16-24-60)99-82(108)61-25-17-13-18-26-61/h12-20,23-28,31-34,37-39,42,52,59,64,66-73,76-79,81,103-104,106,115H,2,21-22,29-30,35-36,40-41,43-51H2,1,3-11H3,(H,97,109)(H,98,112)(H,99,108)(H,100,114)(H3,95,96,113)/b42-31+,58-34+,63-37-/t52-,64?,66+,67?,68?,69?,70?,71-,72?,73?,76?,77?,78?,79?,81?,91+,92?,93?,94?/m0/s1. The van der Waals surface area contributed by atoms with Gasteiger partial charge in [-0.25, -0.2) is 19.2 Å². The number of esters is 5. The molecule has 0 radical (unpaired) electrons. The lowest BCUT2D eigenvalue weighted by Gasteiger charge is -2.68. The minimum atomic E-state index is -2.56. The number of primary amides is 1. The summed E-state index contributed by atoms with van der Waals surface area (Å²) in [5.74, 6) is -9.38. The first-order valence-electron chi connectivity index (χ1n) is 42.3. The highest BCUT2D eigenvalue weighted by atomic mass is 16.6. The third-order valence-electron chi connectivity index (χ3n) is 27.2. The Kier molecular flexibility index (Phi) is 27.6. The minimum Gasteiger partial charge on any atom is -0.461 e. The fraction of sp³-hybridized carbons (Fsp3) is 0.521. The van der Waals surface area contributed by atoms with Gasteiger partial charge in [-0.3, -0.25) is 33.6 Å². The van der Waals surface area contributed by atoms with Crippen molar-refractivity contribution in [2.45, 2.75) is 243 Å². The summed E-state index contributed by atoms with van der Waals surface area (Å²) in [5.41, 5.74) is -0.899. The second-order valence-corrected chi connectivity index (χ2v) is 35.9. The van der Waals surface area contributed by atoms with Crippen molar-refractivity contribution in [1.29, 1.82) is 0 Å². The number of Topliss-reactive ketones (excluding diaryl/α,β-unsaturated/α-hetero) is 1. The first-order valence-corrected chi connectivity index (χ1v) is 42.3. The Hall–Kier alpha value is -10.7. The number of hydrogen-bond acceptors (Lipinski definition) is 22. The van der Waals surface area contributed by atoms with Gasteiger partial charge in [-0.05, 0) is 190 Å². The number of ketones is 1. The predicted molar refractivity (Wildman–Crippen MR) is 447 cm³/mol. The van der Waals surface area contributed by atoms with Crippen LogP contribution < -0.4 is 32.3 Å². The van der Waals surface area contributed by atoms with E-state index in [0.29, 0.717) is 40.4 Å². The van der Waals surface area contributed by atoms with Gasteiger partial charge in [0.15, 0.2) is 23.6 Å². The molecule has 12 rings (SSSR count). The van der Waals surface area contributed by atoms with Crippen LogP contribution in [0.3, 0.4) is 0 Å². The second-order valence-electron chi connectivity index (χ2n) is 35.9. The van der Waals surface area contributed by atoms with Crippen molar-refractivity contribution in [2.24, 2.45) is 57.5 Å². The first kappa shape index (κ1) is 90.6. The molecule has 7 fully saturated rings. The van der Waals surface area contributed by atoms with Crippen LogP contribution in [0.4, 0.5) is 15.3 Å². The third-order valence-corrected chi connectivity index (χ3v) is 27.2. The number of carbonyl (C=O) groups is 11. The summed E-state index contributed by atoms with van der Waals surface area (Å²) in [4.78, 5) is 157. The highest BCUT2D eigenvalue weighted by Gasteiger charge is 2.78. The van der Waals surface area contributed by atoms with E-state index in [1.165, 1.54) is 71.4 Å². The van der Waals surface area contributed by atoms with E-state index in [-0.39, 0.29) is 84.7 Å². The average molecular weight is 1680 g/mol. The smallest absolute Gasteiger partial charge is 0.408 e. The molecular formula is C94H116N6O22. The molecule has 654 valence electrons. The zero-order valence-corrected chi connectivity index (χ0v) is 71.0. The Balaban J connectivity index is 0.743. The van der Waals surface area contributed by atoms with Crippen LogP contribution in [0, 0.1) is 51.8 Å². The van der Waals surface area contributed by atoms with Crippen LogP contribution in [0.25, 0.3) is 0 Å². The molecule has 6 amide bonds. The lowest BCUT2D eigenvalue weighted by atomic mass is 9.42. The van der Waals surface area contributed by atoms with Crippen LogP contribution in [0.5, 0.6) is 0 Å². The van der Waals surface area contributed by atoms with Gasteiger partial charge in [0, 0.05) is 68.2 Å². The van der Waals surface area contributed by atoms with Crippen molar-refractivity contribution in [3.05, 3.63) is 196 Å². The summed E-state index contributed by atoms with van der Waals surface area (Å²) in [6, 6.07) is 26.6. The van der Waals surface area contributed by atoms with E-state index in [9.17, 15) is 63.6 Å². The molecule has 122 heavy (non-hydrogen) atoms. The van der Waals surface area contributed by atoms with Crippen molar-refractivity contribution < 1.29 is 106 Å². The van der Waals surface area contributed by atoms with Crippen molar-refractivity contribution in [2.75, 3.05) is 18.5 Å². The molecule has 1 heterocycles. The number of allylic oxidation sites excluding steroid dienone is 4. The summed E-state index contributed by atoms with van der Waals surface area (Å²) in [6.45, 7) is 19.2. The van der Waals surface area contributed by atoms with Gasteiger partial charge in [0.05, 0.1) is 36.3 Å². The molecule has 0 aromatic heterocycles. The molecule has 4 aromatic carbocycles. The molecule has 1 saturated heterocycles. The van der Waals surface area contributed by atoms with Crippen molar-refractivity contribution in [3.8, 4) is 0 Å². The number of aliphatic hydroxyl groups is 4. The summed E-state index contributed by atoms with van der Waals surface area (Å²) >= 11 is 0. The van der Waals surface area contributed by atoms with E-state index >= 15 is 9.59 Å². The maximum absolute atomic E-state index is 16.7. The molecule has 2 bridgehead atoms. The molecule has 28 nitrogen and oxygen atoms in total. The molecule has 15 unspecified atom stereocenters. The maximum Gasteiger partial charge on any atom is 0.408 e. The maximum atomic E-state index is 16.7. The number of nitrogens with one attached hydrogen (secondary N) is 5. The largest absolute Gasteiger partial charge is 0.461 e. The van der Waals surface area contributed by atoms with Gasteiger partial charge in [-0.2, -0.15) is 0 Å². The monoisotopic (exact) mass is 1680 g/mol. The average Bonchev–Trinajstić information content (AvgIpc) is 0.723. The van der Waals surface area contributed by atoms with Crippen molar-refractivity contribution in [3.63, 3.8) is 0 Å². The highest BCUT2D eigenvalue weighted by molar-refractivity contribution is 6.00. The summed E-state index contributed by atoms with van der Waals surface area (Å²) < 4.78 is 43.6. The SMILES string of the molecule is C=C1/C(=C\C=C2/CCC[C@@]3(C)C2CCC3[C@@H](C)/C=C/C(O)C2CC2)C[C@@H](OC(=O)NC(C)(C)C(=O)NC(CCCNC(N)=O)C(=O)Nc2ccc(COC(=O)CC3CC4OCC4(OC(C)=O)C4C(OC(=O)c5ccccc5)C5(O)CC(OC(=O)C(O)C(NC(=O)c6ccccc6)c6ccccc6)C(C)=C(C(OC(C)=O)C(=O)C34C)C5(C)C)cc2)C[C@@H]1O. The molecule has 8 aliphatic rings. The number of anilines is 1. The zero-order valence-electron chi connectivity index (χ0n) is 71.0. The molecule has 11 N–H and O–H groups in total. The summed E-state index contributed by atoms with van der Waals surface area (Å²) in [7, 11) is 0. The van der Waals surface area contributed by atoms with Gasteiger partial charge < -0.3 is 85.9 Å². The van der Waals surface area contributed by atoms with E-state index in [4.69, 9.17) is 38.9 Å². The highest BCUT2D eigenvalue weighted by Crippen LogP contribution is 2.67. The van der Waals surface area contributed by atoms with Gasteiger partial charge in [0.1, 0.15) is 48.2 Å². The third kappa shape index (κ3) is 19.2. The fourth-order valence-corrected chi connectivity index (χ4v) is 20.3. The fourth-order valence-electron chi connectivity index (χ4n) is 20.3. The van der Waals surface area contributed by atoms with Crippen molar-refractivity contribution >= 4 is 71.2 Å². The zero-order chi connectivity index (χ0) is 88.1. The minimum absolute atomic E-state index is 0.00756. The Morgan fingerprint density at radius 1 is 0.787 bits per heavy atom. The van der Waals surface area contributed by atoms with E-state index in [0.717, 1.165) is 64.4 Å². The quantitative estimate of drug-likeness (QED) is 0.0104. The van der Waals surface area contributed by atoms with Gasteiger partial charge in [-0.15, -0.1) is 0 Å². The van der Waals surface area contributed by atoms with Crippen LogP contribution in [0.2, 0.25) is 0 Å². The molecule has 28 heteroatoms. The van der Waals surface area contributed by atoms with Gasteiger partial charge in [0.2, 0.25) is 11.8 Å². The molecule has 1 aliphatic heterocycles. The molecule has 7 aliphatic carbocycles. The number of hydrogen-bond donors (Lipinski definition) is 10. The Labute approximate surface area is 710 Å². The van der Waals surface area contributed by atoms with Gasteiger partial charge >= 0.3 is 42.0 Å². The number of nitrogens with two attached hydrogens (primary N) is 1. The van der Waals surface area contributed by atoms with Crippen LogP contribution in [0.15, 0.2) is 174 Å². The van der Waals surface area contributed by atoms with E-state index < -0.39 is 179 Å². The normalized spacial score (nSPS) is 29.7. The number of ether oxygens (including phenoxy) is 7. The number of urea groups is 1. The van der Waals surface area contributed by atoms with Gasteiger partial charge in [0.25, 0.3) is 5.91 Å². The van der Waals surface area contributed by atoms with Crippen LogP contribution in [-0.4, -0.2) is 171 Å². The Bertz CT molecular complexity index is 4750. The number of carbonyl (C=O) groups excluding carboxylic acids is 11. The summed E-state index contributed by atoms with van der Waals surface area (Å²) in [6.07, 6.45) is 2.85. The lowest BCUT2D eigenvalue weighted by molar-refractivity contribution is -0.341. The molecule has 19 atom stereocenters. The predicted octanol–water partition coefficient (Wildman–Crippen LogP) is 10.6. The van der Waals surface area contributed by atoms with Crippen LogP contribution in [-0.2, 0) is 73.3 Å². The van der Waals surface area contributed by atoms with Crippen molar-refractivity contribution in [1.82, 2.24) is 21.3 Å². The number of aliphatic hydroxyl groups excluding tert-OH is 3. The van der Waals surface area contributed by atoms with E-state index in [2.05, 4.69) is 59.2 Å². The Morgan fingerprint density at radius 3 is 2.08 bits per heavy atom. The molecule has 4 aromatic rings. The molecular weight excluding hydrogens is 1570 g/mol. The number of amides is 6. The summed E-state index contributed by atoms with van der Waals surface area (Å²) in [5, 5.41) is 61.7. The lowest BCUT2D eigenvalue weighted by Crippen LogP contribution is -2.81. The number of alkyl carbamates (subject to hydrolysis) is 1. The number of rotatable bonds is 29. The van der Waals surface area contributed by atoms with E-state index in [1.54, 1.807) is 91.0 Å². The van der Waals surface area contributed by atoms with Crippen LogP contribution >= 0.6 is 0 Å².